The molecule has 0 fully saturated rings. The molecule has 90 valence electrons. The van der Waals surface area contributed by atoms with Gasteiger partial charge in [-0.3, -0.25) is 4.79 Å². The lowest BCUT2D eigenvalue weighted by Crippen LogP contribution is -2.25. The molecule has 1 aliphatic heterocycles. The molecule has 0 spiro atoms. The molecule has 0 bridgehead atoms. The number of rotatable bonds is 2. The lowest BCUT2D eigenvalue weighted by atomic mass is 9.76. The molecule has 3 nitrogen and oxygen atoms in total. The summed E-state index contributed by atoms with van der Waals surface area (Å²) in [5.41, 5.74) is 0.519. The monoisotopic (exact) mass is 224 g/mol. The van der Waals surface area contributed by atoms with E-state index in [1.54, 1.807) is 0 Å². The molecule has 0 saturated heterocycles. The minimum absolute atomic E-state index is 0.0143. The Morgan fingerprint density at radius 2 is 1.94 bits per heavy atom. The third-order valence-electron chi connectivity index (χ3n) is 3.51. The third kappa shape index (κ3) is 2.01. The molecular weight excluding hydrogens is 204 g/mol. The molecule has 0 aromatic rings. The van der Waals surface area contributed by atoms with E-state index in [-0.39, 0.29) is 23.4 Å². The van der Waals surface area contributed by atoms with E-state index in [1.165, 1.54) is 0 Å². The minimum atomic E-state index is -0.366. The molecule has 0 saturated carbocycles. The first-order valence-corrected chi connectivity index (χ1v) is 5.90. The van der Waals surface area contributed by atoms with Gasteiger partial charge in [0.1, 0.15) is 11.4 Å². The van der Waals surface area contributed by atoms with E-state index in [2.05, 4.69) is 13.8 Å². The Hall–Kier alpha value is -0.830. The number of carbonyl (C=O) groups is 1. The molecule has 1 unspecified atom stereocenters. The molecule has 0 radical (unpaired) electrons. The normalized spacial score (nSPS) is 32.6. The van der Waals surface area contributed by atoms with E-state index in [4.69, 9.17) is 9.84 Å². The van der Waals surface area contributed by atoms with Crippen LogP contribution in [0, 0.1) is 5.41 Å². The summed E-state index contributed by atoms with van der Waals surface area (Å²) in [5.74, 6) is 1.10. The van der Waals surface area contributed by atoms with Gasteiger partial charge in [-0.2, -0.15) is 0 Å². The molecule has 2 aliphatic rings. The summed E-state index contributed by atoms with van der Waals surface area (Å²) in [6, 6.07) is 0. The van der Waals surface area contributed by atoms with Crippen molar-refractivity contribution in [1.29, 1.82) is 0 Å². The highest BCUT2D eigenvalue weighted by atomic mass is 16.5. The standard InChI is InChI=1S/C13H20O3/c1-12(2)7-10(15)9-6-13(3,4-5-14)16-11(9)8-12/h14H,4-8H2,1-3H3. The van der Waals surface area contributed by atoms with Crippen LogP contribution in [0.3, 0.4) is 0 Å². The van der Waals surface area contributed by atoms with Gasteiger partial charge in [-0.05, 0) is 12.3 Å². The average Bonchev–Trinajstić information content (AvgIpc) is 2.40. The third-order valence-corrected chi connectivity index (χ3v) is 3.51. The maximum Gasteiger partial charge on any atom is 0.162 e. The van der Waals surface area contributed by atoms with E-state index in [0.29, 0.717) is 19.3 Å². The fourth-order valence-corrected chi connectivity index (χ4v) is 2.68. The van der Waals surface area contributed by atoms with Crippen molar-refractivity contribution in [2.75, 3.05) is 6.61 Å². The van der Waals surface area contributed by atoms with Crippen molar-refractivity contribution in [2.45, 2.75) is 52.1 Å². The number of hydrogen-bond donors (Lipinski definition) is 1. The summed E-state index contributed by atoms with van der Waals surface area (Å²) in [5, 5.41) is 9.01. The van der Waals surface area contributed by atoms with Crippen LogP contribution in [0.4, 0.5) is 0 Å². The smallest absolute Gasteiger partial charge is 0.162 e. The van der Waals surface area contributed by atoms with Crippen LogP contribution < -0.4 is 0 Å². The Kier molecular flexibility index (Phi) is 2.61. The Balaban J connectivity index is 2.20. The summed E-state index contributed by atoms with van der Waals surface area (Å²) >= 11 is 0. The zero-order valence-electron chi connectivity index (χ0n) is 10.3. The molecule has 0 aromatic heterocycles. The van der Waals surface area contributed by atoms with Crippen LogP contribution in [-0.2, 0) is 9.53 Å². The quantitative estimate of drug-likeness (QED) is 0.782. The zero-order chi connectivity index (χ0) is 12.0. The van der Waals surface area contributed by atoms with E-state index in [0.717, 1.165) is 17.8 Å². The van der Waals surface area contributed by atoms with E-state index < -0.39 is 0 Å². The number of hydrogen-bond acceptors (Lipinski definition) is 3. The second kappa shape index (κ2) is 3.59. The Labute approximate surface area is 96.5 Å². The average molecular weight is 224 g/mol. The van der Waals surface area contributed by atoms with Gasteiger partial charge in [0.2, 0.25) is 0 Å². The first-order valence-electron chi connectivity index (χ1n) is 5.90. The molecule has 1 N–H and O–H groups in total. The minimum Gasteiger partial charge on any atom is -0.491 e. The number of carbonyl (C=O) groups excluding carboxylic acids is 1. The molecule has 3 heteroatoms. The van der Waals surface area contributed by atoms with Crippen molar-refractivity contribution in [3.05, 3.63) is 11.3 Å². The molecule has 0 amide bonds. The van der Waals surface area contributed by atoms with E-state index in [9.17, 15) is 4.79 Å². The van der Waals surface area contributed by atoms with Crippen molar-refractivity contribution in [1.82, 2.24) is 0 Å². The maximum absolute atomic E-state index is 12.0. The Morgan fingerprint density at radius 1 is 1.25 bits per heavy atom. The summed E-state index contributed by atoms with van der Waals surface area (Å²) in [6.07, 6.45) is 2.71. The van der Waals surface area contributed by atoms with Gasteiger partial charge < -0.3 is 9.84 Å². The number of aliphatic hydroxyl groups is 1. The van der Waals surface area contributed by atoms with Gasteiger partial charge in [0.15, 0.2) is 5.78 Å². The predicted molar refractivity (Wildman–Crippen MR) is 60.9 cm³/mol. The predicted octanol–water partition coefficient (Wildman–Crippen LogP) is 2.19. The van der Waals surface area contributed by atoms with E-state index in [1.807, 2.05) is 6.92 Å². The Morgan fingerprint density at radius 3 is 2.56 bits per heavy atom. The summed E-state index contributed by atoms with van der Waals surface area (Å²) < 4.78 is 5.90. The van der Waals surface area contributed by atoms with Crippen molar-refractivity contribution < 1.29 is 14.6 Å². The van der Waals surface area contributed by atoms with Gasteiger partial charge in [-0.1, -0.05) is 13.8 Å². The second-order valence-electron chi connectivity index (χ2n) is 6.05. The molecule has 16 heavy (non-hydrogen) atoms. The van der Waals surface area contributed by atoms with Crippen LogP contribution in [0.2, 0.25) is 0 Å². The highest BCUT2D eigenvalue weighted by Crippen LogP contribution is 2.46. The SMILES string of the molecule is CC1(C)CC(=O)C2=C(C1)OC(C)(CCO)C2. The largest absolute Gasteiger partial charge is 0.491 e. The van der Waals surface area contributed by atoms with Gasteiger partial charge in [0.25, 0.3) is 0 Å². The highest BCUT2D eigenvalue weighted by molar-refractivity contribution is 5.97. The van der Waals surface area contributed by atoms with Gasteiger partial charge in [0, 0.05) is 37.9 Å². The molecule has 2 rings (SSSR count). The summed E-state index contributed by atoms with van der Waals surface area (Å²) in [4.78, 5) is 12.0. The van der Waals surface area contributed by atoms with Crippen LogP contribution in [0.15, 0.2) is 11.3 Å². The Bertz CT molecular complexity index is 354. The second-order valence-corrected chi connectivity index (χ2v) is 6.05. The summed E-state index contributed by atoms with van der Waals surface area (Å²) in [7, 11) is 0. The van der Waals surface area contributed by atoms with Crippen LogP contribution in [0.5, 0.6) is 0 Å². The summed E-state index contributed by atoms with van der Waals surface area (Å²) in [6.45, 7) is 6.27. The maximum atomic E-state index is 12.0. The fourth-order valence-electron chi connectivity index (χ4n) is 2.68. The molecular formula is C13H20O3. The molecule has 0 aromatic carbocycles. The van der Waals surface area contributed by atoms with Crippen LogP contribution in [-0.4, -0.2) is 23.1 Å². The fraction of sp³-hybridized carbons (Fsp3) is 0.769. The van der Waals surface area contributed by atoms with Gasteiger partial charge >= 0.3 is 0 Å². The van der Waals surface area contributed by atoms with Crippen LogP contribution in [0.1, 0.15) is 46.5 Å². The first-order chi connectivity index (χ1) is 7.35. The van der Waals surface area contributed by atoms with E-state index >= 15 is 0 Å². The molecule has 1 atom stereocenters. The number of allylic oxidation sites excluding steroid dienone is 1. The number of Topliss-reactive ketones (excluding diaryl/α,β-unsaturated/α-hetero) is 1. The first kappa shape index (κ1) is 11.6. The van der Waals surface area contributed by atoms with Crippen molar-refractivity contribution >= 4 is 5.78 Å². The lowest BCUT2D eigenvalue weighted by molar-refractivity contribution is -0.118. The van der Waals surface area contributed by atoms with Gasteiger partial charge in [0.05, 0.1) is 0 Å². The van der Waals surface area contributed by atoms with Crippen molar-refractivity contribution in [3.63, 3.8) is 0 Å². The van der Waals surface area contributed by atoms with Crippen LogP contribution in [0.25, 0.3) is 0 Å². The van der Waals surface area contributed by atoms with Crippen molar-refractivity contribution in [2.24, 2.45) is 5.41 Å². The number of ketones is 1. The van der Waals surface area contributed by atoms with Gasteiger partial charge in [-0.15, -0.1) is 0 Å². The lowest BCUT2D eigenvalue weighted by Gasteiger charge is -2.29. The highest BCUT2D eigenvalue weighted by Gasteiger charge is 2.44. The molecule has 1 aliphatic carbocycles. The number of ether oxygens (including phenoxy) is 1. The number of aliphatic hydroxyl groups excluding tert-OH is 1. The van der Waals surface area contributed by atoms with Gasteiger partial charge in [-0.25, -0.2) is 0 Å². The van der Waals surface area contributed by atoms with Crippen LogP contribution >= 0.6 is 0 Å². The van der Waals surface area contributed by atoms with Crippen molar-refractivity contribution in [3.8, 4) is 0 Å². The zero-order valence-corrected chi connectivity index (χ0v) is 10.3. The topological polar surface area (TPSA) is 46.5 Å². The molecule has 1 heterocycles.